The SMILES string of the molecule is CC(C)[C@@H](C)NC(=O)CSc1nnc(-c2ccncc2)n1Cc1ccccc1. The first-order chi connectivity index (χ1) is 13.5. The number of aromatic nitrogens is 4. The van der Waals surface area contributed by atoms with E-state index in [1.807, 2.05) is 37.3 Å². The average molecular weight is 396 g/mol. The Bertz CT molecular complexity index is 896. The lowest BCUT2D eigenvalue weighted by Crippen LogP contribution is -2.37. The van der Waals surface area contributed by atoms with E-state index in [9.17, 15) is 4.79 Å². The number of carbonyl (C=O) groups excluding carboxylic acids is 1. The second-order valence-corrected chi connectivity index (χ2v) is 7.95. The van der Waals surface area contributed by atoms with Gasteiger partial charge in [0.15, 0.2) is 11.0 Å². The number of thioether (sulfide) groups is 1. The first-order valence-electron chi connectivity index (χ1n) is 9.34. The van der Waals surface area contributed by atoms with Crippen LogP contribution in [-0.2, 0) is 11.3 Å². The van der Waals surface area contributed by atoms with Crippen LogP contribution in [0.4, 0.5) is 0 Å². The highest BCUT2D eigenvalue weighted by Gasteiger charge is 2.17. The molecule has 1 atom stereocenters. The van der Waals surface area contributed by atoms with Gasteiger partial charge in [0.25, 0.3) is 0 Å². The molecule has 0 spiro atoms. The lowest BCUT2D eigenvalue weighted by molar-refractivity contribution is -0.119. The number of nitrogens with one attached hydrogen (secondary N) is 1. The molecule has 0 saturated heterocycles. The van der Waals surface area contributed by atoms with Crippen molar-refractivity contribution in [3.8, 4) is 11.4 Å². The molecule has 3 rings (SSSR count). The van der Waals surface area contributed by atoms with E-state index in [4.69, 9.17) is 0 Å². The van der Waals surface area contributed by atoms with Crippen LogP contribution in [0.3, 0.4) is 0 Å². The Hall–Kier alpha value is -2.67. The molecule has 146 valence electrons. The van der Waals surface area contributed by atoms with Crippen molar-refractivity contribution < 1.29 is 4.79 Å². The minimum atomic E-state index is 0.00548. The van der Waals surface area contributed by atoms with Gasteiger partial charge >= 0.3 is 0 Å². The van der Waals surface area contributed by atoms with E-state index in [2.05, 4.69) is 51.0 Å². The van der Waals surface area contributed by atoms with Gasteiger partial charge in [0.05, 0.1) is 12.3 Å². The Morgan fingerprint density at radius 1 is 1.07 bits per heavy atom. The van der Waals surface area contributed by atoms with Gasteiger partial charge in [0, 0.05) is 24.0 Å². The molecule has 0 bridgehead atoms. The maximum absolute atomic E-state index is 12.3. The highest BCUT2D eigenvalue weighted by molar-refractivity contribution is 7.99. The van der Waals surface area contributed by atoms with Crippen molar-refractivity contribution in [2.24, 2.45) is 5.92 Å². The Morgan fingerprint density at radius 2 is 1.79 bits per heavy atom. The Kier molecular flexibility index (Phi) is 6.81. The summed E-state index contributed by atoms with van der Waals surface area (Å²) in [5.41, 5.74) is 2.10. The van der Waals surface area contributed by atoms with Crippen molar-refractivity contribution >= 4 is 17.7 Å². The van der Waals surface area contributed by atoms with Gasteiger partial charge in [-0.1, -0.05) is 55.9 Å². The summed E-state index contributed by atoms with van der Waals surface area (Å²) >= 11 is 1.41. The topological polar surface area (TPSA) is 72.7 Å². The quantitative estimate of drug-likeness (QED) is 0.590. The predicted molar refractivity (Wildman–Crippen MR) is 112 cm³/mol. The zero-order valence-corrected chi connectivity index (χ0v) is 17.2. The standard InChI is InChI=1S/C21H25N5OS/c1-15(2)16(3)23-19(27)14-28-21-25-24-20(18-9-11-22-12-10-18)26(21)13-17-7-5-4-6-8-17/h4-12,15-16H,13-14H2,1-3H3,(H,23,27)/t16-/m1/s1. The maximum atomic E-state index is 12.3. The fourth-order valence-electron chi connectivity index (χ4n) is 2.61. The molecule has 0 aliphatic rings. The highest BCUT2D eigenvalue weighted by Crippen LogP contribution is 2.24. The summed E-state index contributed by atoms with van der Waals surface area (Å²) in [6, 6.07) is 14.1. The molecule has 2 aromatic heterocycles. The van der Waals surface area contributed by atoms with Crippen molar-refractivity contribution in [2.75, 3.05) is 5.75 Å². The molecule has 28 heavy (non-hydrogen) atoms. The molecule has 1 N–H and O–H groups in total. The van der Waals surface area contributed by atoms with E-state index in [0.717, 1.165) is 22.1 Å². The van der Waals surface area contributed by atoms with Gasteiger partial charge in [0.1, 0.15) is 0 Å². The summed E-state index contributed by atoms with van der Waals surface area (Å²) in [5, 5.41) is 12.5. The molecule has 1 amide bonds. The van der Waals surface area contributed by atoms with Crippen LogP contribution in [0.1, 0.15) is 26.3 Å². The second kappa shape index (κ2) is 9.50. The van der Waals surface area contributed by atoms with Gasteiger partial charge in [-0.25, -0.2) is 0 Å². The number of benzene rings is 1. The zero-order valence-electron chi connectivity index (χ0n) is 16.4. The van der Waals surface area contributed by atoms with Crippen LogP contribution < -0.4 is 5.32 Å². The lowest BCUT2D eigenvalue weighted by atomic mass is 10.1. The Labute approximate surface area is 169 Å². The molecule has 0 radical (unpaired) electrons. The summed E-state index contributed by atoms with van der Waals surface area (Å²) in [6.07, 6.45) is 3.48. The summed E-state index contributed by atoms with van der Waals surface area (Å²) in [6.45, 7) is 6.84. The number of nitrogens with zero attached hydrogens (tertiary/aromatic N) is 4. The summed E-state index contributed by atoms with van der Waals surface area (Å²) in [7, 11) is 0. The Balaban J connectivity index is 1.80. The number of hydrogen-bond donors (Lipinski definition) is 1. The number of amides is 1. The summed E-state index contributed by atoms with van der Waals surface area (Å²) in [5.74, 6) is 1.48. The summed E-state index contributed by atoms with van der Waals surface area (Å²) in [4.78, 5) is 16.4. The van der Waals surface area contributed by atoms with E-state index in [-0.39, 0.29) is 11.9 Å². The van der Waals surface area contributed by atoms with Crippen LogP contribution in [0.5, 0.6) is 0 Å². The molecule has 0 unspecified atom stereocenters. The smallest absolute Gasteiger partial charge is 0.230 e. The number of rotatable bonds is 8. The third kappa shape index (κ3) is 5.19. The van der Waals surface area contributed by atoms with Crippen LogP contribution >= 0.6 is 11.8 Å². The van der Waals surface area contributed by atoms with Crippen molar-refractivity contribution in [1.82, 2.24) is 25.1 Å². The molecule has 1 aromatic carbocycles. The van der Waals surface area contributed by atoms with E-state index < -0.39 is 0 Å². The van der Waals surface area contributed by atoms with Gasteiger partial charge in [-0.05, 0) is 30.5 Å². The monoisotopic (exact) mass is 395 g/mol. The van der Waals surface area contributed by atoms with Gasteiger partial charge in [0.2, 0.25) is 5.91 Å². The van der Waals surface area contributed by atoms with Crippen molar-refractivity contribution in [3.63, 3.8) is 0 Å². The number of pyridine rings is 1. The molecule has 0 fully saturated rings. The normalized spacial score (nSPS) is 12.1. The van der Waals surface area contributed by atoms with Gasteiger partial charge in [-0.3, -0.25) is 14.3 Å². The first kappa shape index (κ1) is 20.1. The number of carbonyl (C=O) groups is 1. The van der Waals surface area contributed by atoms with E-state index in [1.165, 1.54) is 11.8 Å². The fourth-order valence-corrected chi connectivity index (χ4v) is 3.36. The largest absolute Gasteiger partial charge is 0.353 e. The van der Waals surface area contributed by atoms with Crippen LogP contribution in [0.15, 0.2) is 60.0 Å². The number of hydrogen-bond acceptors (Lipinski definition) is 5. The van der Waals surface area contributed by atoms with Crippen molar-refractivity contribution in [3.05, 3.63) is 60.4 Å². The molecule has 6 nitrogen and oxygen atoms in total. The van der Waals surface area contributed by atoms with E-state index in [0.29, 0.717) is 18.2 Å². The molecular formula is C21H25N5OS. The average Bonchev–Trinajstić information content (AvgIpc) is 3.10. The molecular weight excluding hydrogens is 370 g/mol. The van der Waals surface area contributed by atoms with E-state index in [1.54, 1.807) is 12.4 Å². The molecule has 2 heterocycles. The van der Waals surface area contributed by atoms with Crippen LogP contribution in [0, 0.1) is 5.92 Å². The first-order valence-corrected chi connectivity index (χ1v) is 10.3. The van der Waals surface area contributed by atoms with Gasteiger partial charge in [-0.15, -0.1) is 10.2 Å². The Morgan fingerprint density at radius 3 is 2.46 bits per heavy atom. The fraction of sp³-hybridized carbons (Fsp3) is 0.333. The van der Waals surface area contributed by atoms with Crippen molar-refractivity contribution in [2.45, 2.75) is 38.5 Å². The maximum Gasteiger partial charge on any atom is 0.230 e. The van der Waals surface area contributed by atoms with Crippen LogP contribution in [0.25, 0.3) is 11.4 Å². The van der Waals surface area contributed by atoms with Gasteiger partial charge in [-0.2, -0.15) is 0 Å². The minimum Gasteiger partial charge on any atom is -0.353 e. The van der Waals surface area contributed by atoms with E-state index >= 15 is 0 Å². The zero-order chi connectivity index (χ0) is 19.9. The van der Waals surface area contributed by atoms with Crippen molar-refractivity contribution in [1.29, 1.82) is 0 Å². The lowest BCUT2D eigenvalue weighted by Gasteiger charge is -2.17. The highest BCUT2D eigenvalue weighted by atomic mass is 32.2. The molecule has 0 aliphatic heterocycles. The molecule has 7 heteroatoms. The minimum absolute atomic E-state index is 0.00548. The summed E-state index contributed by atoms with van der Waals surface area (Å²) < 4.78 is 2.05. The second-order valence-electron chi connectivity index (χ2n) is 7.00. The molecule has 3 aromatic rings. The molecule has 0 saturated carbocycles. The van der Waals surface area contributed by atoms with Crippen LogP contribution in [-0.4, -0.2) is 37.5 Å². The molecule has 0 aliphatic carbocycles. The van der Waals surface area contributed by atoms with Gasteiger partial charge < -0.3 is 5.32 Å². The third-order valence-corrected chi connectivity index (χ3v) is 5.53. The van der Waals surface area contributed by atoms with Crippen LogP contribution in [0.2, 0.25) is 0 Å². The predicted octanol–water partition coefficient (Wildman–Crippen LogP) is 3.64. The third-order valence-electron chi connectivity index (χ3n) is 4.56.